The molecule has 1 atom stereocenters. The summed E-state index contributed by atoms with van der Waals surface area (Å²) in [5, 5.41) is 30.7. The van der Waals surface area contributed by atoms with Crippen molar-refractivity contribution in [2.75, 3.05) is 56.1 Å². The molecule has 23 N–H and O–H groups in total. The number of hydrogen-bond donors (Lipinski definition) is 16. The Labute approximate surface area is 612 Å². The van der Waals surface area contributed by atoms with E-state index in [0.717, 1.165) is 92.2 Å². The molecule has 5 heterocycles. The number of aromatic amines is 1. The van der Waals surface area contributed by atoms with Gasteiger partial charge in [0.25, 0.3) is 0 Å². The summed E-state index contributed by atoms with van der Waals surface area (Å²) in [6, 6.07) is 38.0. The molecule has 5 aromatic carbocycles. The molecule has 9 amide bonds. The number of amides is 9. The van der Waals surface area contributed by atoms with Crippen molar-refractivity contribution in [3.63, 3.8) is 0 Å². The third kappa shape index (κ3) is 30.7. The zero-order chi connectivity index (χ0) is 78.0. The summed E-state index contributed by atoms with van der Waals surface area (Å²) in [5.74, 6) is 2.26. The molecule has 31 heteroatoms. The maximum Gasteiger partial charge on any atom is 0.248 e. The highest BCUT2D eigenvalue weighted by Gasteiger charge is 2.20. The highest BCUT2D eigenvalue weighted by Crippen LogP contribution is 2.26. The van der Waals surface area contributed by atoms with Crippen molar-refractivity contribution in [1.29, 1.82) is 0 Å². The van der Waals surface area contributed by atoms with Crippen molar-refractivity contribution >= 4 is 150 Å². The maximum absolute atomic E-state index is 10.9. The topological polar surface area (TPSA) is 526 Å². The average Bonchev–Trinajstić information content (AvgIpc) is 1.55. The molecule has 10 aromatic rings. The number of anilines is 9. The first-order valence-corrected chi connectivity index (χ1v) is 33.4. The third-order valence-corrected chi connectivity index (χ3v) is 15.0. The molecule has 0 saturated heterocycles. The highest BCUT2D eigenvalue weighted by molar-refractivity contribution is 5.98. The molecule has 106 heavy (non-hydrogen) atoms. The van der Waals surface area contributed by atoms with Crippen LogP contribution >= 0.6 is 0 Å². The van der Waals surface area contributed by atoms with Crippen LogP contribution in [0, 0.1) is 12.8 Å². The van der Waals surface area contributed by atoms with Crippen LogP contribution in [0.15, 0.2) is 149 Å². The average molecular weight is 1450 g/mol. The summed E-state index contributed by atoms with van der Waals surface area (Å²) >= 11 is 0. The van der Waals surface area contributed by atoms with Crippen LogP contribution in [-0.2, 0) is 51.4 Å². The van der Waals surface area contributed by atoms with Gasteiger partial charge < -0.3 is 96.6 Å². The number of nitrogens with zero attached hydrogens (tertiary/aromatic N) is 4. The molecule has 1 saturated carbocycles. The number of nitrogen functional groups attached to an aromatic ring is 4. The standard InChI is InChI=1S/C11H11N3O.C11H11NO2.C9H12N4O.C9H9N3O2.C9H10N2O2.C9H18N2O.C9H12N2O.C8H11N3O/c1-7(15)14-9-2-3-10-8(6-9)4-5-13-11(10)12;1-7-5-9-3-4-10(12-8(2)13)6-11(9)14-7;1-5(14)11-6-2-3-7-8(4-6)13-9(10)12-7;1-5(13)11-6-2-3-8-7(4-6)9(10)12-14-8;1-6(12)11-8-4-2-3-7(5-8)9(10)13;2*1-7(12)11-9-4-2-8(6-10)3-5-9;1-6(12)10-4-7-2-3-8(9)11-5-7/h2-6H,1H3,(H2,12,13)(H,14,15);3-6H,1-2H3,(H,12,13);3-4,6H,2H2,1H3,(H,11,14)(H3,10,12,13);2-4H,1H3,(H2,10,12)(H,11,13);2-5H,1H3,(H2,10,13)(H,11,12);8-9H,2-6,10H2,1H3,(H,11,12);2-5H,6,10H2,1H3,(H,11,12);2-3,5H,4H2,1H3,(H2,9,11)(H,10,12). The van der Waals surface area contributed by atoms with Crippen LogP contribution in [0.2, 0.25) is 0 Å². The zero-order valence-electron chi connectivity index (χ0n) is 60.6. The van der Waals surface area contributed by atoms with Crippen LogP contribution in [-0.4, -0.2) is 96.9 Å². The van der Waals surface area contributed by atoms with E-state index in [0.29, 0.717) is 76.4 Å². The van der Waals surface area contributed by atoms with E-state index in [2.05, 4.69) is 67.6 Å². The molecular weight excluding hydrogens is 1360 g/mol. The van der Waals surface area contributed by atoms with Gasteiger partial charge in [0.05, 0.1) is 22.1 Å². The first-order valence-electron chi connectivity index (χ1n) is 33.4. The summed E-state index contributed by atoms with van der Waals surface area (Å²) in [6.45, 7) is 15.6. The van der Waals surface area contributed by atoms with E-state index in [-0.39, 0.29) is 53.3 Å². The maximum atomic E-state index is 10.9. The first-order chi connectivity index (χ1) is 50.3. The molecule has 0 spiro atoms. The molecule has 0 bridgehead atoms. The molecule has 2 aliphatic carbocycles. The lowest BCUT2D eigenvalue weighted by Crippen LogP contribution is -2.39. The van der Waals surface area contributed by atoms with Crippen LogP contribution < -0.4 is 93.4 Å². The van der Waals surface area contributed by atoms with Crippen molar-refractivity contribution in [3.05, 3.63) is 173 Å². The number of benzene rings is 5. The lowest BCUT2D eigenvalue weighted by atomic mass is 9.86. The number of furan rings is 1. The largest absolute Gasteiger partial charge is 0.461 e. The number of H-pyrrole nitrogens is 1. The van der Waals surface area contributed by atoms with Crippen molar-refractivity contribution < 1.29 is 52.1 Å². The molecule has 0 radical (unpaired) electrons. The van der Waals surface area contributed by atoms with Crippen LogP contribution in [0.25, 0.3) is 44.9 Å². The van der Waals surface area contributed by atoms with Gasteiger partial charge in [0, 0.05) is 138 Å². The predicted molar refractivity (Wildman–Crippen MR) is 415 cm³/mol. The van der Waals surface area contributed by atoms with Crippen LogP contribution in [0.3, 0.4) is 0 Å². The molecule has 2 aliphatic rings. The molecule has 31 nitrogen and oxygen atoms in total. The first kappa shape index (κ1) is 83.6. The van der Waals surface area contributed by atoms with E-state index in [4.69, 9.17) is 49.1 Å². The Balaban J connectivity index is 0.000000218. The number of nitrogens with one attached hydrogen (secondary N) is 9. The van der Waals surface area contributed by atoms with Gasteiger partial charge in [0.1, 0.15) is 23.0 Å². The summed E-state index contributed by atoms with van der Waals surface area (Å²) in [7, 11) is 0. The Morgan fingerprint density at radius 1 is 0.538 bits per heavy atom. The fourth-order valence-corrected chi connectivity index (χ4v) is 10.2. The Kier molecular flexibility index (Phi) is 33.5. The van der Waals surface area contributed by atoms with Gasteiger partial charge in [0.15, 0.2) is 17.3 Å². The van der Waals surface area contributed by atoms with Gasteiger partial charge in [-0.1, -0.05) is 35.5 Å². The number of aryl methyl sites for hydroxylation is 1. The molecule has 1 fully saturated rings. The lowest BCUT2D eigenvalue weighted by Gasteiger charge is -2.27. The number of aromatic nitrogens is 5. The normalized spacial score (nSPS) is 13.4. The van der Waals surface area contributed by atoms with Crippen molar-refractivity contribution in [2.24, 2.45) is 23.1 Å². The molecule has 5 aromatic heterocycles. The number of nitrogens with two attached hydrogens (primary N) is 7. The van der Waals surface area contributed by atoms with Crippen molar-refractivity contribution in [1.82, 2.24) is 41.0 Å². The van der Waals surface area contributed by atoms with Crippen molar-refractivity contribution in [3.8, 4) is 0 Å². The van der Waals surface area contributed by atoms with Gasteiger partial charge in [-0.05, 0) is 171 Å². The Hall–Kier alpha value is -13.0. The van der Waals surface area contributed by atoms with Gasteiger partial charge in [-0.15, -0.1) is 0 Å². The van der Waals surface area contributed by atoms with E-state index in [9.17, 15) is 43.2 Å². The van der Waals surface area contributed by atoms with Crippen LogP contribution in [0.4, 0.5) is 51.8 Å². The van der Waals surface area contributed by atoms with Crippen LogP contribution in [0.1, 0.15) is 115 Å². The molecule has 0 aliphatic heterocycles. The van der Waals surface area contributed by atoms with Gasteiger partial charge >= 0.3 is 0 Å². The number of carbonyl (C=O) groups excluding carboxylic acids is 9. The predicted octanol–water partition coefficient (Wildman–Crippen LogP) is 7.09. The second kappa shape index (κ2) is 42.4. The summed E-state index contributed by atoms with van der Waals surface area (Å²) in [4.78, 5) is 111. The summed E-state index contributed by atoms with van der Waals surface area (Å²) in [6.07, 6.45) is 12.5. The minimum absolute atomic E-state index is 0.0319. The van der Waals surface area contributed by atoms with Crippen molar-refractivity contribution in [2.45, 2.75) is 120 Å². The molecule has 560 valence electrons. The van der Waals surface area contributed by atoms with E-state index in [1.165, 1.54) is 67.4 Å². The van der Waals surface area contributed by atoms with E-state index < -0.39 is 5.91 Å². The number of imidazole rings is 1. The smallest absolute Gasteiger partial charge is 0.248 e. The van der Waals surface area contributed by atoms with Gasteiger partial charge in [-0.25, -0.2) is 15.0 Å². The quantitative estimate of drug-likeness (QED) is 0.0580. The number of pyridine rings is 2. The summed E-state index contributed by atoms with van der Waals surface area (Å²) in [5.41, 5.74) is 45.6. The number of fused-ring (bicyclic) bond motifs is 4. The molecular formula is C75H94N20O11. The minimum atomic E-state index is -0.507. The highest BCUT2D eigenvalue weighted by atomic mass is 16.5. The number of carbonyl (C=O) groups is 9. The number of hydrogen-bond acceptors (Lipinski definition) is 21. The van der Waals surface area contributed by atoms with Gasteiger partial charge in [-0.2, -0.15) is 0 Å². The van der Waals surface area contributed by atoms with E-state index >= 15 is 0 Å². The molecule has 1 unspecified atom stereocenters. The summed E-state index contributed by atoms with van der Waals surface area (Å²) < 4.78 is 10.4. The second-order valence-electron chi connectivity index (χ2n) is 24.3. The fourth-order valence-electron chi connectivity index (χ4n) is 10.2. The third-order valence-electron chi connectivity index (χ3n) is 15.0. The lowest BCUT2D eigenvalue weighted by molar-refractivity contribution is -0.120. The van der Waals surface area contributed by atoms with E-state index in [1.54, 1.807) is 61.8 Å². The number of primary amides is 1. The van der Waals surface area contributed by atoms with Gasteiger partial charge in [0.2, 0.25) is 53.2 Å². The monoisotopic (exact) mass is 1450 g/mol. The Morgan fingerprint density at radius 3 is 1.69 bits per heavy atom. The van der Waals surface area contributed by atoms with Gasteiger partial charge in [-0.3, -0.25) is 43.2 Å². The SMILES string of the molecule is CC(=O)NC1C=c2[nH]c(N)nc2=CC1.CC(=O)NC1CCC(CN)CC1.CC(=O)NCc1ccc(N)nc1.CC(=O)Nc1ccc(CN)cc1.CC(=O)Nc1ccc2c(N)nccc2c1.CC(=O)Nc1ccc2cc(C)oc2c1.CC(=O)Nc1ccc2onc(N)c2c1.CC(=O)Nc1cccc(C(N)=O)c1. The fraction of sp³-hybridized carbons (Fsp3) is 0.267. The minimum Gasteiger partial charge on any atom is -0.461 e. The number of rotatable bonds is 12. The zero-order valence-corrected chi connectivity index (χ0v) is 60.6. The Bertz CT molecular complexity index is 4750. The van der Waals surface area contributed by atoms with E-state index in [1.807, 2.05) is 97.9 Å². The van der Waals surface area contributed by atoms with Crippen LogP contribution in [0.5, 0.6) is 0 Å². The Morgan fingerprint density at radius 2 is 1.11 bits per heavy atom. The molecule has 12 rings (SSSR count). The second-order valence-corrected chi connectivity index (χ2v) is 24.3.